The molecule has 0 aromatic heterocycles. The summed E-state index contributed by atoms with van der Waals surface area (Å²) in [5.41, 5.74) is 1.13. The number of benzene rings is 1. The Morgan fingerprint density at radius 1 is 1.14 bits per heavy atom. The van der Waals surface area contributed by atoms with Crippen LogP contribution in [0.15, 0.2) is 12.1 Å². The number of ether oxygens (including phenoxy) is 3. The third kappa shape index (κ3) is 4.81. The minimum absolute atomic E-state index is 0.441. The minimum Gasteiger partial charge on any atom is -0.493 e. The maximum atomic E-state index is 5.91. The van der Waals surface area contributed by atoms with Crippen LogP contribution in [0.25, 0.3) is 0 Å². The van der Waals surface area contributed by atoms with Crippen LogP contribution in [0.4, 0.5) is 0 Å². The number of rotatable bonds is 9. The minimum atomic E-state index is 0.441. The molecule has 0 atom stereocenters. The molecule has 4 heteroatoms. The van der Waals surface area contributed by atoms with Gasteiger partial charge in [-0.15, -0.1) is 0 Å². The molecule has 1 aromatic carbocycles. The van der Waals surface area contributed by atoms with Gasteiger partial charge in [0.05, 0.1) is 20.8 Å². The van der Waals surface area contributed by atoms with Crippen molar-refractivity contribution in [3.63, 3.8) is 0 Å². The van der Waals surface area contributed by atoms with E-state index in [4.69, 9.17) is 14.2 Å². The van der Waals surface area contributed by atoms with Crippen molar-refractivity contribution < 1.29 is 14.2 Å². The van der Waals surface area contributed by atoms with E-state index in [2.05, 4.69) is 19.2 Å². The van der Waals surface area contributed by atoms with Gasteiger partial charge in [-0.3, -0.25) is 0 Å². The van der Waals surface area contributed by atoms with Gasteiger partial charge in [-0.05, 0) is 30.0 Å². The molecular formula is C17H27NO3. The molecule has 1 aromatic rings. The molecule has 0 radical (unpaired) electrons. The van der Waals surface area contributed by atoms with Gasteiger partial charge in [0.25, 0.3) is 0 Å². The SMILES string of the molecule is COc1cc(CNC(C)C)cc(OC)c1OCCC1CC1. The van der Waals surface area contributed by atoms with Crippen molar-refractivity contribution in [1.29, 1.82) is 0 Å². The van der Waals surface area contributed by atoms with Crippen molar-refractivity contribution in [3.05, 3.63) is 17.7 Å². The fraction of sp³-hybridized carbons (Fsp3) is 0.647. The predicted octanol–water partition coefficient (Wildman–Crippen LogP) is 3.38. The van der Waals surface area contributed by atoms with Crippen molar-refractivity contribution in [2.24, 2.45) is 5.92 Å². The van der Waals surface area contributed by atoms with Crippen molar-refractivity contribution in [2.45, 2.75) is 45.7 Å². The largest absolute Gasteiger partial charge is 0.493 e. The summed E-state index contributed by atoms with van der Waals surface area (Å²) in [5.74, 6) is 3.06. The van der Waals surface area contributed by atoms with Crippen molar-refractivity contribution in [1.82, 2.24) is 5.32 Å². The molecule has 0 heterocycles. The summed E-state index contributed by atoms with van der Waals surface area (Å²) in [6.07, 6.45) is 3.80. The summed E-state index contributed by atoms with van der Waals surface area (Å²) in [6.45, 7) is 5.77. The molecular weight excluding hydrogens is 266 g/mol. The molecule has 4 nitrogen and oxygen atoms in total. The highest BCUT2D eigenvalue weighted by molar-refractivity contribution is 5.53. The van der Waals surface area contributed by atoms with Gasteiger partial charge in [0.1, 0.15) is 0 Å². The highest BCUT2D eigenvalue weighted by Gasteiger charge is 2.22. The quantitative estimate of drug-likeness (QED) is 0.757. The van der Waals surface area contributed by atoms with E-state index in [1.807, 2.05) is 12.1 Å². The van der Waals surface area contributed by atoms with Gasteiger partial charge in [-0.2, -0.15) is 0 Å². The van der Waals surface area contributed by atoms with Crippen LogP contribution in [-0.2, 0) is 6.54 Å². The number of hydrogen-bond donors (Lipinski definition) is 1. The first kappa shape index (κ1) is 16.0. The van der Waals surface area contributed by atoms with Gasteiger partial charge in [0.15, 0.2) is 11.5 Å². The normalized spacial score (nSPS) is 14.3. The first-order valence-corrected chi connectivity index (χ1v) is 7.75. The van der Waals surface area contributed by atoms with Gasteiger partial charge in [-0.1, -0.05) is 26.7 Å². The highest BCUT2D eigenvalue weighted by Crippen LogP contribution is 2.39. The highest BCUT2D eigenvalue weighted by atomic mass is 16.5. The lowest BCUT2D eigenvalue weighted by molar-refractivity contribution is 0.265. The molecule has 21 heavy (non-hydrogen) atoms. The smallest absolute Gasteiger partial charge is 0.203 e. The van der Waals surface area contributed by atoms with Crippen molar-refractivity contribution >= 4 is 0 Å². The Hall–Kier alpha value is -1.42. The average molecular weight is 293 g/mol. The van der Waals surface area contributed by atoms with Crippen LogP contribution in [0.3, 0.4) is 0 Å². The second kappa shape index (κ2) is 7.55. The standard InChI is InChI=1S/C17H27NO3/c1-12(2)18-11-14-9-15(19-3)17(16(10-14)20-4)21-8-7-13-5-6-13/h9-10,12-13,18H,5-8,11H2,1-4H3. The van der Waals surface area contributed by atoms with Crippen molar-refractivity contribution in [2.75, 3.05) is 20.8 Å². The molecule has 1 N–H and O–H groups in total. The third-order valence-electron chi connectivity index (χ3n) is 3.70. The monoisotopic (exact) mass is 293 g/mol. The van der Waals surface area contributed by atoms with E-state index in [0.29, 0.717) is 11.8 Å². The number of nitrogens with one attached hydrogen (secondary N) is 1. The Labute approximate surface area is 127 Å². The maximum absolute atomic E-state index is 5.91. The van der Waals surface area contributed by atoms with Crippen LogP contribution in [0.5, 0.6) is 17.2 Å². The van der Waals surface area contributed by atoms with Crippen LogP contribution >= 0.6 is 0 Å². The molecule has 1 aliphatic rings. The Morgan fingerprint density at radius 3 is 2.24 bits per heavy atom. The Kier molecular flexibility index (Phi) is 5.74. The lowest BCUT2D eigenvalue weighted by Crippen LogP contribution is -2.21. The van der Waals surface area contributed by atoms with Crippen LogP contribution < -0.4 is 19.5 Å². The Morgan fingerprint density at radius 2 is 1.76 bits per heavy atom. The number of hydrogen-bond acceptors (Lipinski definition) is 4. The first-order chi connectivity index (χ1) is 10.1. The molecule has 0 unspecified atom stereocenters. The van der Waals surface area contributed by atoms with E-state index in [1.54, 1.807) is 14.2 Å². The fourth-order valence-electron chi connectivity index (χ4n) is 2.23. The summed E-state index contributed by atoms with van der Waals surface area (Å²) in [6, 6.07) is 4.48. The van der Waals surface area contributed by atoms with E-state index in [0.717, 1.165) is 42.6 Å². The van der Waals surface area contributed by atoms with E-state index < -0.39 is 0 Å². The zero-order chi connectivity index (χ0) is 15.2. The molecule has 2 rings (SSSR count). The topological polar surface area (TPSA) is 39.7 Å². The second-order valence-corrected chi connectivity index (χ2v) is 5.95. The second-order valence-electron chi connectivity index (χ2n) is 5.95. The van der Waals surface area contributed by atoms with Gasteiger partial charge >= 0.3 is 0 Å². The molecule has 1 saturated carbocycles. The van der Waals surface area contributed by atoms with Crippen molar-refractivity contribution in [3.8, 4) is 17.2 Å². The Bertz CT molecular complexity index is 430. The van der Waals surface area contributed by atoms with Gasteiger partial charge in [-0.25, -0.2) is 0 Å². The van der Waals surface area contributed by atoms with Gasteiger partial charge < -0.3 is 19.5 Å². The van der Waals surface area contributed by atoms with Crippen LogP contribution in [0, 0.1) is 5.92 Å². The third-order valence-corrected chi connectivity index (χ3v) is 3.70. The molecule has 1 aliphatic carbocycles. The zero-order valence-electron chi connectivity index (χ0n) is 13.6. The fourth-order valence-corrected chi connectivity index (χ4v) is 2.23. The molecule has 118 valence electrons. The van der Waals surface area contributed by atoms with E-state index >= 15 is 0 Å². The average Bonchev–Trinajstić information content (AvgIpc) is 3.29. The van der Waals surface area contributed by atoms with Crippen LogP contribution in [-0.4, -0.2) is 26.9 Å². The number of methoxy groups -OCH3 is 2. The molecule has 0 spiro atoms. The molecule has 0 aliphatic heterocycles. The molecule has 0 saturated heterocycles. The van der Waals surface area contributed by atoms with E-state index in [1.165, 1.54) is 12.8 Å². The van der Waals surface area contributed by atoms with Crippen LogP contribution in [0.2, 0.25) is 0 Å². The Balaban J connectivity index is 2.08. The summed E-state index contributed by atoms with van der Waals surface area (Å²) < 4.78 is 16.9. The van der Waals surface area contributed by atoms with E-state index in [-0.39, 0.29) is 0 Å². The molecule has 0 amide bonds. The molecule has 1 fully saturated rings. The lowest BCUT2D eigenvalue weighted by Gasteiger charge is -2.17. The van der Waals surface area contributed by atoms with Gasteiger partial charge in [0.2, 0.25) is 5.75 Å². The summed E-state index contributed by atoms with van der Waals surface area (Å²) >= 11 is 0. The van der Waals surface area contributed by atoms with E-state index in [9.17, 15) is 0 Å². The summed E-state index contributed by atoms with van der Waals surface area (Å²) in [4.78, 5) is 0. The zero-order valence-corrected chi connectivity index (χ0v) is 13.6. The summed E-state index contributed by atoms with van der Waals surface area (Å²) in [7, 11) is 3.34. The maximum Gasteiger partial charge on any atom is 0.203 e. The molecule has 0 bridgehead atoms. The summed E-state index contributed by atoms with van der Waals surface area (Å²) in [5, 5.41) is 3.40. The predicted molar refractivity (Wildman–Crippen MR) is 84.4 cm³/mol. The van der Waals surface area contributed by atoms with Crippen LogP contribution in [0.1, 0.15) is 38.7 Å². The lowest BCUT2D eigenvalue weighted by atomic mass is 10.1. The first-order valence-electron chi connectivity index (χ1n) is 7.75. The van der Waals surface area contributed by atoms with Gasteiger partial charge in [0, 0.05) is 12.6 Å².